The van der Waals surface area contributed by atoms with E-state index in [0.29, 0.717) is 29.3 Å². The van der Waals surface area contributed by atoms with E-state index in [-0.39, 0.29) is 17.2 Å². The lowest BCUT2D eigenvalue weighted by Gasteiger charge is -2.49. The number of hydrogen-bond acceptors (Lipinski definition) is 4. The van der Waals surface area contributed by atoms with E-state index in [1.807, 2.05) is 39.8 Å². The van der Waals surface area contributed by atoms with Crippen molar-refractivity contribution in [2.24, 2.45) is 0 Å². The Kier molecular flexibility index (Phi) is 3.97. The summed E-state index contributed by atoms with van der Waals surface area (Å²) in [6.45, 7) is 7.55. The van der Waals surface area contributed by atoms with E-state index >= 15 is 0 Å². The number of aromatic hydroxyl groups is 1. The number of aliphatic hydroxyl groups is 1. The molecule has 1 fully saturated rings. The smallest absolute Gasteiger partial charge is 0.255 e. The van der Waals surface area contributed by atoms with E-state index in [0.717, 1.165) is 0 Å². The van der Waals surface area contributed by atoms with Crippen molar-refractivity contribution in [2.45, 2.75) is 63.8 Å². The summed E-state index contributed by atoms with van der Waals surface area (Å²) in [5.74, 6) is -0.312. The summed E-state index contributed by atoms with van der Waals surface area (Å²) in [5, 5.41) is 21.5. The van der Waals surface area contributed by atoms with Crippen molar-refractivity contribution in [3.63, 3.8) is 0 Å². The second-order valence-electron chi connectivity index (χ2n) is 7.56. The van der Waals surface area contributed by atoms with Crippen molar-refractivity contribution in [1.29, 1.82) is 0 Å². The molecule has 1 aromatic carbocycles. The van der Waals surface area contributed by atoms with Gasteiger partial charge in [0, 0.05) is 11.3 Å². The zero-order valence-corrected chi connectivity index (χ0v) is 14.6. The Morgan fingerprint density at radius 2 is 1.96 bits per heavy atom. The summed E-state index contributed by atoms with van der Waals surface area (Å²) >= 11 is 0. The van der Waals surface area contributed by atoms with E-state index < -0.39 is 17.3 Å². The number of nitrogens with one attached hydrogen (secondary N) is 1. The Morgan fingerprint density at radius 3 is 2.62 bits per heavy atom. The van der Waals surface area contributed by atoms with Crippen LogP contribution in [0.5, 0.6) is 5.75 Å². The first kappa shape index (κ1) is 17.0. The van der Waals surface area contributed by atoms with Crippen molar-refractivity contribution in [2.75, 3.05) is 0 Å². The molecule has 1 saturated heterocycles. The molecule has 1 aliphatic heterocycles. The fraction of sp³-hybridized carbons (Fsp3) is 0.526. The van der Waals surface area contributed by atoms with Crippen LogP contribution in [0.3, 0.4) is 0 Å². The Bertz CT molecular complexity index is 826. The standard InChI is InChI=1S/C19H25NO4/c1-11(19(4)10-9-14(21)18(2,3)24-19)15-16(22)12-7-5-6-8-13(12)20-17(15)23/h5-8,11,14,21H,9-10H2,1-4H3,(H2,20,22,23)/t11-,14-,19-/m0/s1. The van der Waals surface area contributed by atoms with Crippen LogP contribution in [0.25, 0.3) is 10.9 Å². The van der Waals surface area contributed by atoms with Crippen LogP contribution >= 0.6 is 0 Å². The molecule has 0 radical (unpaired) electrons. The number of benzene rings is 1. The average Bonchev–Trinajstić information content (AvgIpc) is 2.51. The molecule has 3 atom stereocenters. The number of hydrogen-bond donors (Lipinski definition) is 3. The number of H-pyrrole nitrogens is 1. The van der Waals surface area contributed by atoms with Gasteiger partial charge in [-0.25, -0.2) is 0 Å². The summed E-state index contributed by atoms with van der Waals surface area (Å²) in [4.78, 5) is 15.4. The molecule has 0 saturated carbocycles. The molecule has 0 bridgehead atoms. The summed E-state index contributed by atoms with van der Waals surface area (Å²) in [6, 6.07) is 7.20. The van der Waals surface area contributed by atoms with Crippen LogP contribution in [0.4, 0.5) is 0 Å². The Morgan fingerprint density at radius 1 is 1.29 bits per heavy atom. The number of aromatic amines is 1. The van der Waals surface area contributed by atoms with Gasteiger partial charge < -0.3 is 19.9 Å². The fourth-order valence-corrected chi connectivity index (χ4v) is 3.74. The van der Waals surface area contributed by atoms with Gasteiger partial charge in [-0.1, -0.05) is 19.1 Å². The van der Waals surface area contributed by atoms with E-state index in [4.69, 9.17) is 4.74 Å². The third kappa shape index (κ3) is 2.62. The van der Waals surface area contributed by atoms with Crippen LogP contribution in [-0.4, -0.2) is 32.5 Å². The van der Waals surface area contributed by atoms with Gasteiger partial charge >= 0.3 is 0 Å². The molecule has 3 N–H and O–H groups in total. The molecule has 5 nitrogen and oxygen atoms in total. The SMILES string of the molecule is C[C@@H](c1c(O)c2ccccc2[nH]c1=O)[C@]1(C)CC[C@H](O)C(C)(C)O1. The second kappa shape index (κ2) is 5.60. The minimum Gasteiger partial charge on any atom is -0.507 e. The number of aliphatic hydroxyl groups excluding tert-OH is 1. The molecular weight excluding hydrogens is 306 g/mol. The molecular formula is C19H25NO4. The Hall–Kier alpha value is -1.85. The van der Waals surface area contributed by atoms with E-state index in [1.54, 1.807) is 12.1 Å². The molecule has 130 valence electrons. The molecule has 5 heteroatoms. The van der Waals surface area contributed by atoms with Gasteiger partial charge in [-0.2, -0.15) is 0 Å². The van der Waals surface area contributed by atoms with Crippen molar-refractivity contribution in [3.05, 3.63) is 40.2 Å². The molecule has 3 rings (SSSR count). The van der Waals surface area contributed by atoms with Gasteiger partial charge in [0.2, 0.25) is 0 Å². The Balaban J connectivity index is 2.09. The van der Waals surface area contributed by atoms with Crippen LogP contribution in [0.1, 0.15) is 52.0 Å². The normalized spacial score (nSPS) is 28.0. The third-order valence-electron chi connectivity index (χ3n) is 5.49. The maximum Gasteiger partial charge on any atom is 0.255 e. The van der Waals surface area contributed by atoms with Crippen LogP contribution < -0.4 is 5.56 Å². The molecule has 1 aliphatic rings. The predicted molar refractivity (Wildman–Crippen MR) is 93.5 cm³/mol. The van der Waals surface area contributed by atoms with Crippen LogP contribution in [0.2, 0.25) is 0 Å². The van der Waals surface area contributed by atoms with Gasteiger partial charge in [-0.15, -0.1) is 0 Å². The highest BCUT2D eigenvalue weighted by molar-refractivity contribution is 5.85. The molecule has 0 aliphatic carbocycles. The highest BCUT2D eigenvalue weighted by Crippen LogP contribution is 2.45. The van der Waals surface area contributed by atoms with E-state index in [1.165, 1.54) is 0 Å². The first-order valence-electron chi connectivity index (χ1n) is 8.38. The lowest BCUT2D eigenvalue weighted by Crippen LogP contribution is -2.54. The fourth-order valence-electron chi connectivity index (χ4n) is 3.74. The first-order chi connectivity index (χ1) is 11.2. The quantitative estimate of drug-likeness (QED) is 0.790. The highest BCUT2D eigenvalue weighted by Gasteiger charge is 2.47. The summed E-state index contributed by atoms with van der Waals surface area (Å²) in [6.07, 6.45) is 0.672. The van der Waals surface area contributed by atoms with Gasteiger partial charge in [-0.3, -0.25) is 4.79 Å². The van der Waals surface area contributed by atoms with Crippen LogP contribution in [-0.2, 0) is 4.74 Å². The monoisotopic (exact) mass is 331 g/mol. The zero-order valence-electron chi connectivity index (χ0n) is 14.6. The van der Waals surface area contributed by atoms with Gasteiger partial charge in [0.1, 0.15) is 5.75 Å². The number of fused-ring (bicyclic) bond motifs is 1. The predicted octanol–water partition coefficient (Wildman–Crippen LogP) is 3.05. The minimum absolute atomic E-state index is 0.00982. The zero-order chi connectivity index (χ0) is 17.7. The second-order valence-corrected chi connectivity index (χ2v) is 7.56. The van der Waals surface area contributed by atoms with Crippen molar-refractivity contribution in [1.82, 2.24) is 4.98 Å². The van der Waals surface area contributed by atoms with Gasteiger partial charge in [0.05, 0.1) is 28.4 Å². The maximum absolute atomic E-state index is 12.6. The Labute approximate surface area is 141 Å². The summed E-state index contributed by atoms with van der Waals surface area (Å²) in [7, 11) is 0. The van der Waals surface area contributed by atoms with Gasteiger partial charge in [0.25, 0.3) is 5.56 Å². The van der Waals surface area contributed by atoms with Crippen LogP contribution in [0, 0.1) is 0 Å². The van der Waals surface area contributed by atoms with E-state index in [9.17, 15) is 15.0 Å². The molecule has 2 heterocycles. The average molecular weight is 331 g/mol. The van der Waals surface area contributed by atoms with Crippen LogP contribution in [0.15, 0.2) is 29.1 Å². The number of pyridine rings is 1. The lowest BCUT2D eigenvalue weighted by molar-refractivity contribution is -0.221. The first-order valence-corrected chi connectivity index (χ1v) is 8.38. The third-order valence-corrected chi connectivity index (χ3v) is 5.49. The molecule has 0 spiro atoms. The number of ether oxygens (including phenoxy) is 1. The van der Waals surface area contributed by atoms with Crippen molar-refractivity contribution in [3.8, 4) is 5.75 Å². The molecule has 2 aromatic rings. The molecule has 0 amide bonds. The topological polar surface area (TPSA) is 82.5 Å². The summed E-state index contributed by atoms with van der Waals surface area (Å²) < 4.78 is 6.20. The number of rotatable bonds is 2. The minimum atomic E-state index is -0.694. The van der Waals surface area contributed by atoms with E-state index in [2.05, 4.69) is 4.98 Å². The van der Waals surface area contributed by atoms with Crippen molar-refractivity contribution < 1.29 is 14.9 Å². The van der Waals surface area contributed by atoms with Crippen molar-refractivity contribution >= 4 is 10.9 Å². The summed E-state index contributed by atoms with van der Waals surface area (Å²) in [5.41, 5.74) is -0.687. The van der Waals surface area contributed by atoms with Gasteiger partial charge in [-0.05, 0) is 45.7 Å². The number of para-hydroxylation sites is 1. The molecule has 24 heavy (non-hydrogen) atoms. The highest BCUT2D eigenvalue weighted by atomic mass is 16.5. The van der Waals surface area contributed by atoms with Gasteiger partial charge in [0.15, 0.2) is 0 Å². The largest absolute Gasteiger partial charge is 0.507 e. The lowest BCUT2D eigenvalue weighted by atomic mass is 9.76. The molecule has 0 unspecified atom stereocenters. The number of aromatic nitrogens is 1. The maximum atomic E-state index is 12.6. The molecule has 1 aromatic heterocycles.